The molecule has 72 valence electrons. The van der Waals surface area contributed by atoms with Crippen molar-refractivity contribution < 1.29 is 4.92 Å². The van der Waals surface area contributed by atoms with Gasteiger partial charge in [-0.3, -0.25) is 16.0 Å². The molecule has 0 radical (unpaired) electrons. The molecule has 1 aromatic rings. The van der Waals surface area contributed by atoms with E-state index in [1.54, 1.807) is 0 Å². The minimum Gasteiger partial charge on any atom is -0.324 e. The number of nitro groups is 1. The molecule has 0 heterocycles. The quantitative estimate of drug-likeness (QED) is 0.457. The minimum absolute atomic E-state index is 0. The molecule has 0 atom stereocenters. The zero-order valence-electron chi connectivity index (χ0n) is 6.36. The highest BCUT2D eigenvalue weighted by Gasteiger charge is 2.11. The van der Waals surface area contributed by atoms with Gasteiger partial charge >= 0.3 is 0 Å². The van der Waals surface area contributed by atoms with Crippen LogP contribution in [0.5, 0.6) is 0 Å². The second kappa shape index (κ2) is 4.86. The lowest BCUT2D eigenvalue weighted by molar-refractivity contribution is -0.384. The lowest BCUT2D eigenvalue weighted by Gasteiger charge is -1.99. The Morgan fingerprint density at radius 2 is 2.15 bits per heavy atom. The van der Waals surface area contributed by atoms with Crippen molar-refractivity contribution in [2.75, 3.05) is 5.43 Å². The molecular weight excluding hydrogens is 217 g/mol. The summed E-state index contributed by atoms with van der Waals surface area (Å²) in [6.07, 6.45) is 0. The van der Waals surface area contributed by atoms with E-state index in [0.717, 1.165) is 0 Å². The third-order valence-corrected chi connectivity index (χ3v) is 1.61. The van der Waals surface area contributed by atoms with Crippen LogP contribution in [0, 0.1) is 10.1 Å². The average molecular weight is 224 g/mol. The van der Waals surface area contributed by atoms with Crippen LogP contribution >= 0.6 is 24.0 Å². The molecule has 0 spiro atoms. The van der Waals surface area contributed by atoms with Crippen LogP contribution in [-0.4, -0.2) is 4.92 Å². The standard InChI is InChI=1S/C6H6ClN3O2.ClH/c7-5-3-4(9-8)1-2-6(5)10(11)12;/h1-3,9H,8H2;1H. The topological polar surface area (TPSA) is 81.2 Å². The fourth-order valence-electron chi connectivity index (χ4n) is 0.745. The molecule has 1 rings (SSSR count). The van der Waals surface area contributed by atoms with Gasteiger partial charge in [0.1, 0.15) is 5.02 Å². The summed E-state index contributed by atoms with van der Waals surface area (Å²) in [5, 5.41) is 10.4. The van der Waals surface area contributed by atoms with Crippen LogP contribution in [0.15, 0.2) is 18.2 Å². The van der Waals surface area contributed by atoms with Gasteiger partial charge in [-0.2, -0.15) is 0 Å². The zero-order valence-corrected chi connectivity index (χ0v) is 7.93. The molecule has 0 amide bonds. The molecule has 13 heavy (non-hydrogen) atoms. The molecule has 1 aromatic carbocycles. The van der Waals surface area contributed by atoms with E-state index in [1.165, 1.54) is 18.2 Å². The number of halogens is 2. The van der Waals surface area contributed by atoms with Crippen molar-refractivity contribution in [3.05, 3.63) is 33.3 Å². The van der Waals surface area contributed by atoms with Crippen molar-refractivity contribution in [1.82, 2.24) is 0 Å². The summed E-state index contributed by atoms with van der Waals surface area (Å²) in [7, 11) is 0. The summed E-state index contributed by atoms with van der Waals surface area (Å²) >= 11 is 5.57. The van der Waals surface area contributed by atoms with Gasteiger partial charge in [-0.1, -0.05) is 11.6 Å². The number of benzene rings is 1. The van der Waals surface area contributed by atoms with Gasteiger partial charge in [0.2, 0.25) is 0 Å². The number of hydrogen-bond donors (Lipinski definition) is 2. The zero-order chi connectivity index (χ0) is 9.14. The maximum absolute atomic E-state index is 10.3. The molecule has 0 saturated carbocycles. The van der Waals surface area contributed by atoms with Crippen LogP contribution in [0.4, 0.5) is 11.4 Å². The van der Waals surface area contributed by atoms with E-state index in [2.05, 4.69) is 5.43 Å². The highest BCUT2D eigenvalue weighted by atomic mass is 35.5. The summed E-state index contributed by atoms with van der Waals surface area (Å²) in [6, 6.07) is 4.15. The molecule has 0 saturated heterocycles. The van der Waals surface area contributed by atoms with E-state index in [0.29, 0.717) is 5.69 Å². The van der Waals surface area contributed by atoms with Crippen LogP contribution < -0.4 is 11.3 Å². The van der Waals surface area contributed by atoms with Gasteiger partial charge in [0.15, 0.2) is 0 Å². The maximum Gasteiger partial charge on any atom is 0.288 e. The first-order valence-corrected chi connectivity index (χ1v) is 3.43. The molecule has 0 aromatic heterocycles. The van der Waals surface area contributed by atoms with E-state index in [4.69, 9.17) is 17.4 Å². The van der Waals surface area contributed by atoms with Gasteiger partial charge in [-0.05, 0) is 12.1 Å². The van der Waals surface area contributed by atoms with Crippen LogP contribution in [0.25, 0.3) is 0 Å². The Bertz CT molecular complexity index is 319. The van der Waals surface area contributed by atoms with E-state index in [1.807, 2.05) is 0 Å². The first-order valence-electron chi connectivity index (χ1n) is 3.05. The molecule has 0 aliphatic rings. The second-order valence-electron chi connectivity index (χ2n) is 2.07. The van der Waals surface area contributed by atoms with Crippen molar-refractivity contribution in [3.8, 4) is 0 Å². The summed E-state index contributed by atoms with van der Waals surface area (Å²) < 4.78 is 0. The maximum atomic E-state index is 10.3. The molecule has 3 N–H and O–H groups in total. The predicted octanol–water partition coefficient (Wildman–Crippen LogP) is 1.96. The van der Waals surface area contributed by atoms with Crippen LogP contribution in [0.1, 0.15) is 0 Å². The second-order valence-corrected chi connectivity index (χ2v) is 2.47. The number of rotatable bonds is 2. The first kappa shape index (κ1) is 12.0. The van der Waals surface area contributed by atoms with Crippen molar-refractivity contribution in [2.24, 2.45) is 5.84 Å². The monoisotopic (exact) mass is 223 g/mol. The number of hydrogen-bond acceptors (Lipinski definition) is 4. The Labute approximate surface area is 85.4 Å². The van der Waals surface area contributed by atoms with E-state index >= 15 is 0 Å². The fourth-order valence-corrected chi connectivity index (χ4v) is 0.994. The number of nitrogens with one attached hydrogen (secondary N) is 1. The molecule has 0 aliphatic heterocycles. The van der Waals surface area contributed by atoms with E-state index in [9.17, 15) is 10.1 Å². The van der Waals surface area contributed by atoms with Crippen molar-refractivity contribution in [3.63, 3.8) is 0 Å². The fraction of sp³-hybridized carbons (Fsp3) is 0. The average Bonchev–Trinajstić information content (AvgIpc) is 2.03. The van der Waals surface area contributed by atoms with Gasteiger partial charge in [0, 0.05) is 6.07 Å². The highest BCUT2D eigenvalue weighted by molar-refractivity contribution is 6.32. The number of nitrogens with two attached hydrogens (primary N) is 1. The summed E-state index contributed by atoms with van der Waals surface area (Å²) in [6.45, 7) is 0. The van der Waals surface area contributed by atoms with Crippen molar-refractivity contribution in [1.29, 1.82) is 0 Å². The summed E-state index contributed by atoms with van der Waals surface area (Å²) in [5.74, 6) is 5.07. The Balaban J connectivity index is 0.00000144. The van der Waals surface area contributed by atoms with Crippen LogP contribution in [0.2, 0.25) is 5.02 Å². The number of hydrazine groups is 1. The van der Waals surface area contributed by atoms with E-state index < -0.39 is 4.92 Å². The number of anilines is 1. The predicted molar refractivity (Wildman–Crippen MR) is 53.2 cm³/mol. The Morgan fingerprint density at radius 3 is 2.54 bits per heavy atom. The number of nitrogen functional groups attached to an aromatic ring is 1. The minimum atomic E-state index is -0.553. The van der Waals surface area contributed by atoms with Gasteiger partial charge in [0.25, 0.3) is 5.69 Å². The lowest BCUT2D eigenvalue weighted by Crippen LogP contribution is -2.06. The Kier molecular flexibility index (Phi) is 4.47. The SMILES string of the molecule is Cl.NNc1ccc([N+](=O)[O-])c(Cl)c1. The van der Waals surface area contributed by atoms with Crippen LogP contribution in [-0.2, 0) is 0 Å². The van der Waals surface area contributed by atoms with Crippen molar-refractivity contribution in [2.45, 2.75) is 0 Å². The smallest absolute Gasteiger partial charge is 0.288 e. The van der Waals surface area contributed by atoms with Gasteiger partial charge < -0.3 is 5.43 Å². The van der Waals surface area contributed by atoms with E-state index in [-0.39, 0.29) is 23.1 Å². The molecule has 7 heteroatoms. The number of nitrogens with zero attached hydrogens (tertiary/aromatic N) is 1. The van der Waals surface area contributed by atoms with Crippen molar-refractivity contribution >= 4 is 35.4 Å². The highest BCUT2D eigenvalue weighted by Crippen LogP contribution is 2.26. The van der Waals surface area contributed by atoms with Gasteiger partial charge in [-0.15, -0.1) is 12.4 Å². The summed E-state index contributed by atoms with van der Waals surface area (Å²) in [5.41, 5.74) is 2.73. The molecule has 0 bridgehead atoms. The Morgan fingerprint density at radius 1 is 1.54 bits per heavy atom. The third-order valence-electron chi connectivity index (χ3n) is 1.31. The number of nitro benzene ring substituents is 1. The largest absolute Gasteiger partial charge is 0.324 e. The normalized spacial score (nSPS) is 8.77. The van der Waals surface area contributed by atoms with Gasteiger partial charge in [0.05, 0.1) is 10.6 Å². The Hall–Kier alpha value is -1.04. The van der Waals surface area contributed by atoms with Gasteiger partial charge in [-0.25, -0.2) is 0 Å². The molecule has 5 nitrogen and oxygen atoms in total. The first-order chi connectivity index (χ1) is 5.65. The van der Waals surface area contributed by atoms with Crippen LogP contribution in [0.3, 0.4) is 0 Å². The molecule has 0 unspecified atom stereocenters. The molecular formula is C6H7Cl2N3O2. The lowest BCUT2D eigenvalue weighted by atomic mass is 10.3. The molecule has 0 aliphatic carbocycles. The third kappa shape index (κ3) is 2.73. The molecule has 0 fully saturated rings. The summed E-state index contributed by atoms with van der Waals surface area (Å²) in [4.78, 5) is 9.74.